The van der Waals surface area contributed by atoms with Crippen molar-refractivity contribution >= 4 is 16.1 Å². The van der Waals surface area contributed by atoms with Gasteiger partial charge in [-0.25, -0.2) is 17.4 Å². The average molecular weight is 234 g/mol. The highest BCUT2D eigenvalue weighted by atomic mass is 32.2. The highest BCUT2D eigenvalue weighted by Crippen LogP contribution is 2.05. The van der Waals surface area contributed by atoms with Crippen LogP contribution in [0, 0.1) is 0 Å². The van der Waals surface area contributed by atoms with Crippen LogP contribution in [-0.2, 0) is 10.0 Å². The van der Waals surface area contributed by atoms with Crippen LogP contribution in [0.15, 0.2) is 54.5 Å². The van der Waals surface area contributed by atoms with Gasteiger partial charge < -0.3 is 0 Å². The predicted molar refractivity (Wildman–Crippen MR) is 62.0 cm³/mol. The van der Waals surface area contributed by atoms with Gasteiger partial charge in [-0.3, -0.25) is 0 Å². The van der Waals surface area contributed by atoms with Gasteiger partial charge in [-0.1, -0.05) is 30.3 Å². The Hall–Kier alpha value is -1.88. The van der Waals surface area contributed by atoms with Crippen molar-refractivity contribution < 1.29 is 8.42 Å². The van der Waals surface area contributed by atoms with Gasteiger partial charge in [0.2, 0.25) is 0 Å². The first-order valence-electron chi connectivity index (χ1n) is 4.65. The second-order valence-corrected chi connectivity index (χ2v) is 4.87. The summed E-state index contributed by atoms with van der Waals surface area (Å²) in [4.78, 5) is 3.69. The maximum Gasteiger partial charge on any atom is 0.262 e. The maximum atomic E-state index is 11.7. The van der Waals surface area contributed by atoms with Crippen LogP contribution in [0.4, 0.5) is 0 Å². The summed E-state index contributed by atoms with van der Waals surface area (Å²) in [5, 5.41) is 1.16. The highest BCUT2D eigenvalue weighted by molar-refractivity contribution is 7.92. The van der Waals surface area contributed by atoms with E-state index in [1.807, 2.05) is 30.3 Å². The summed E-state index contributed by atoms with van der Waals surface area (Å²) in [6.45, 7) is 0. The number of rotatable bonds is 3. The van der Waals surface area contributed by atoms with E-state index in [1.165, 1.54) is 18.7 Å². The van der Waals surface area contributed by atoms with E-state index in [4.69, 9.17) is 0 Å². The molecule has 2 rings (SSSR count). The minimum atomic E-state index is -3.44. The van der Waals surface area contributed by atoms with Crippen LogP contribution in [0.3, 0.4) is 0 Å². The van der Waals surface area contributed by atoms with E-state index >= 15 is 0 Å². The van der Waals surface area contributed by atoms with E-state index in [-0.39, 0.29) is 0 Å². The molecule has 0 aliphatic rings. The van der Waals surface area contributed by atoms with Gasteiger partial charge in [0, 0.05) is 12.4 Å². The van der Waals surface area contributed by atoms with Gasteiger partial charge >= 0.3 is 0 Å². The Bertz CT molecular complexity index is 572. The summed E-state index contributed by atoms with van der Waals surface area (Å²) in [6, 6.07) is 9.24. The number of aromatic nitrogens is 2. The summed E-state index contributed by atoms with van der Waals surface area (Å²) in [5.41, 5.74) is 0.839. The lowest BCUT2D eigenvalue weighted by atomic mass is 10.2. The van der Waals surface area contributed by atoms with Gasteiger partial charge in [0.1, 0.15) is 6.33 Å². The van der Waals surface area contributed by atoms with Crippen LogP contribution in [0.5, 0.6) is 0 Å². The van der Waals surface area contributed by atoms with E-state index < -0.39 is 10.0 Å². The molecular weight excluding hydrogens is 224 g/mol. The van der Waals surface area contributed by atoms with Gasteiger partial charge in [-0.15, -0.1) is 0 Å². The third-order valence-corrected chi connectivity index (χ3v) is 3.29. The highest BCUT2D eigenvalue weighted by Gasteiger charge is 2.06. The van der Waals surface area contributed by atoms with E-state index in [9.17, 15) is 8.42 Å². The lowest BCUT2D eigenvalue weighted by molar-refractivity contribution is 0.596. The predicted octanol–water partition coefficient (Wildman–Crippen LogP) is 1.73. The van der Waals surface area contributed by atoms with Crippen LogP contribution in [0.1, 0.15) is 5.56 Å². The minimum absolute atomic E-state index is 0.839. The lowest BCUT2D eigenvalue weighted by Crippen LogP contribution is -2.05. The van der Waals surface area contributed by atoms with Crippen LogP contribution < -0.4 is 0 Å². The molecule has 5 heteroatoms. The fourth-order valence-electron chi connectivity index (χ4n) is 1.20. The molecule has 0 aliphatic carbocycles. The molecule has 4 nitrogen and oxygen atoms in total. The first kappa shape index (κ1) is 10.6. The standard InChI is InChI=1S/C11H10N2O2S/c14-16(15,13-8-7-12-10-13)9-6-11-4-2-1-3-5-11/h1-10H. The average Bonchev–Trinajstić information content (AvgIpc) is 2.82. The number of hydrogen-bond donors (Lipinski definition) is 0. The monoisotopic (exact) mass is 234 g/mol. The summed E-state index contributed by atoms with van der Waals surface area (Å²) in [6.07, 6.45) is 5.62. The van der Waals surface area contributed by atoms with Crippen LogP contribution in [0.2, 0.25) is 0 Å². The van der Waals surface area contributed by atoms with Crippen molar-refractivity contribution in [3.05, 3.63) is 60.0 Å². The van der Waals surface area contributed by atoms with Crippen molar-refractivity contribution in [2.45, 2.75) is 0 Å². The summed E-state index contributed by atoms with van der Waals surface area (Å²) in [7, 11) is -3.44. The van der Waals surface area contributed by atoms with Crippen molar-refractivity contribution in [2.75, 3.05) is 0 Å². The molecule has 0 bridgehead atoms. The molecule has 0 aliphatic heterocycles. The Morgan fingerprint density at radius 1 is 1.19 bits per heavy atom. The second kappa shape index (κ2) is 4.32. The quantitative estimate of drug-likeness (QED) is 0.812. The van der Waals surface area contributed by atoms with Crippen LogP contribution in [-0.4, -0.2) is 17.4 Å². The molecular formula is C11H10N2O2S. The molecule has 0 saturated heterocycles. The number of benzene rings is 1. The zero-order chi connectivity index (χ0) is 11.4. The molecule has 16 heavy (non-hydrogen) atoms. The first-order chi connectivity index (χ1) is 7.68. The molecule has 0 spiro atoms. The van der Waals surface area contributed by atoms with Crippen molar-refractivity contribution in [2.24, 2.45) is 0 Å². The zero-order valence-electron chi connectivity index (χ0n) is 8.39. The molecule has 0 N–H and O–H groups in total. The zero-order valence-corrected chi connectivity index (χ0v) is 9.21. The van der Waals surface area contributed by atoms with Gasteiger partial charge in [-0.2, -0.15) is 0 Å². The first-order valence-corrected chi connectivity index (χ1v) is 6.15. The Labute approximate surface area is 93.9 Å². The summed E-state index contributed by atoms with van der Waals surface area (Å²) in [5.74, 6) is 0. The van der Waals surface area contributed by atoms with E-state index in [0.717, 1.165) is 14.9 Å². The molecule has 1 aromatic carbocycles. The largest absolute Gasteiger partial charge is 0.262 e. The topological polar surface area (TPSA) is 52.0 Å². The van der Waals surface area contributed by atoms with Crippen molar-refractivity contribution in [1.29, 1.82) is 0 Å². The molecule has 0 radical (unpaired) electrons. The SMILES string of the molecule is O=S(=O)(C=Cc1ccccc1)n1ccnc1. The maximum absolute atomic E-state index is 11.7. The molecule has 82 valence electrons. The molecule has 0 unspecified atom stereocenters. The van der Waals surface area contributed by atoms with Crippen molar-refractivity contribution in [3.8, 4) is 0 Å². The molecule has 2 aromatic rings. The molecule has 1 heterocycles. The Morgan fingerprint density at radius 2 is 1.94 bits per heavy atom. The smallest absolute Gasteiger partial charge is 0.244 e. The molecule has 0 saturated carbocycles. The van der Waals surface area contributed by atoms with Gasteiger partial charge in [0.15, 0.2) is 0 Å². The lowest BCUT2D eigenvalue weighted by Gasteiger charge is -1.97. The Morgan fingerprint density at radius 3 is 2.56 bits per heavy atom. The van der Waals surface area contributed by atoms with E-state index in [0.29, 0.717) is 0 Å². The molecule has 0 atom stereocenters. The minimum Gasteiger partial charge on any atom is -0.244 e. The third kappa shape index (κ3) is 2.38. The van der Waals surface area contributed by atoms with Crippen LogP contribution >= 0.6 is 0 Å². The molecule has 1 aromatic heterocycles. The molecule has 0 fully saturated rings. The van der Waals surface area contributed by atoms with Crippen LogP contribution in [0.25, 0.3) is 6.08 Å². The molecule has 0 amide bonds. The normalized spacial score (nSPS) is 12.0. The van der Waals surface area contributed by atoms with Gasteiger partial charge in [0.25, 0.3) is 10.0 Å². The van der Waals surface area contributed by atoms with Crippen molar-refractivity contribution in [1.82, 2.24) is 8.96 Å². The second-order valence-electron chi connectivity index (χ2n) is 3.15. The van der Waals surface area contributed by atoms with Crippen molar-refractivity contribution in [3.63, 3.8) is 0 Å². The van der Waals surface area contributed by atoms with E-state index in [2.05, 4.69) is 4.98 Å². The Kier molecular flexibility index (Phi) is 2.87. The van der Waals surface area contributed by atoms with E-state index in [1.54, 1.807) is 6.08 Å². The third-order valence-electron chi connectivity index (χ3n) is 2.01. The fraction of sp³-hybridized carbons (Fsp3) is 0. The van der Waals surface area contributed by atoms with Gasteiger partial charge in [-0.05, 0) is 11.6 Å². The number of nitrogens with zero attached hydrogens (tertiary/aromatic N) is 2. The summed E-state index contributed by atoms with van der Waals surface area (Å²) < 4.78 is 24.5. The number of imidazole rings is 1. The number of hydrogen-bond acceptors (Lipinski definition) is 3. The Balaban J connectivity index is 2.26. The van der Waals surface area contributed by atoms with Gasteiger partial charge in [0.05, 0.1) is 5.41 Å². The summed E-state index contributed by atoms with van der Waals surface area (Å²) >= 11 is 0. The fourth-order valence-corrected chi connectivity index (χ4v) is 2.08.